The van der Waals surface area contributed by atoms with Crippen LogP contribution in [0.3, 0.4) is 0 Å². The van der Waals surface area contributed by atoms with Gasteiger partial charge in [0.25, 0.3) is 0 Å². The summed E-state index contributed by atoms with van der Waals surface area (Å²) >= 11 is 0. The maximum atomic E-state index is 6.73. The van der Waals surface area contributed by atoms with Crippen LogP contribution in [0.2, 0.25) is 0 Å². The van der Waals surface area contributed by atoms with Crippen molar-refractivity contribution in [3.05, 3.63) is 212 Å². The lowest BCUT2D eigenvalue weighted by molar-refractivity contribution is 0.670. The Balaban J connectivity index is 1.07. The Bertz CT molecular complexity index is 3920. The fourth-order valence-electron chi connectivity index (χ4n) is 9.48. The summed E-state index contributed by atoms with van der Waals surface area (Å²) in [5.41, 5.74) is 13.2. The molecule has 6 nitrogen and oxygen atoms in total. The Morgan fingerprint density at radius 1 is 0.317 bits per heavy atom. The van der Waals surface area contributed by atoms with Crippen molar-refractivity contribution in [1.29, 1.82) is 0 Å². The highest BCUT2D eigenvalue weighted by Gasteiger charge is 2.23. The largest absolute Gasteiger partial charge is 0.454 e. The second-order valence-electron chi connectivity index (χ2n) is 16.0. The molecule has 13 aromatic rings. The Kier molecular flexibility index (Phi) is 7.80. The molecular weight excluding hydrogens is 771 g/mol. The van der Waals surface area contributed by atoms with Gasteiger partial charge in [-0.15, -0.1) is 0 Å². The van der Waals surface area contributed by atoms with Crippen LogP contribution in [0.1, 0.15) is 0 Å². The molecule has 0 spiro atoms. The van der Waals surface area contributed by atoms with Gasteiger partial charge in [-0.25, -0.2) is 4.98 Å². The molecule has 63 heavy (non-hydrogen) atoms. The van der Waals surface area contributed by atoms with Crippen molar-refractivity contribution in [2.75, 3.05) is 0 Å². The highest BCUT2D eigenvalue weighted by molar-refractivity contribution is 6.21. The average molecular weight is 806 g/mol. The first kappa shape index (κ1) is 35.2. The summed E-state index contributed by atoms with van der Waals surface area (Å²) in [6, 6.07) is 74.4. The zero-order valence-electron chi connectivity index (χ0n) is 33.9. The number of rotatable bonds is 6. The first-order valence-corrected chi connectivity index (χ1v) is 21.2. The first-order valence-electron chi connectivity index (χ1n) is 21.2. The molecule has 9 aromatic carbocycles. The molecule has 294 valence electrons. The van der Waals surface area contributed by atoms with E-state index in [0.29, 0.717) is 17.6 Å². The van der Waals surface area contributed by atoms with Gasteiger partial charge < -0.3 is 8.98 Å². The van der Waals surface area contributed by atoms with E-state index in [-0.39, 0.29) is 0 Å². The van der Waals surface area contributed by atoms with Crippen LogP contribution in [0, 0.1) is 0 Å². The van der Waals surface area contributed by atoms with E-state index in [1.807, 2.05) is 18.2 Å². The summed E-state index contributed by atoms with van der Waals surface area (Å²) in [5, 5.41) is 6.55. The van der Waals surface area contributed by atoms with E-state index in [9.17, 15) is 0 Å². The number of hydrogen-bond donors (Lipinski definition) is 0. The molecule has 0 radical (unpaired) electrons. The van der Waals surface area contributed by atoms with Gasteiger partial charge in [0.1, 0.15) is 11.1 Å². The summed E-state index contributed by atoms with van der Waals surface area (Å²) in [6.45, 7) is 0. The zero-order chi connectivity index (χ0) is 41.4. The molecule has 0 amide bonds. The van der Waals surface area contributed by atoms with Crippen LogP contribution in [0.4, 0.5) is 0 Å². The number of nitrogens with zero attached hydrogens (tertiary/aromatic N) is 5. The highest BCUT2D eigenvalue weighted by atomic mass is 16.3. The van der Waals surface area contributed by atoms with E-state index >= 15 is 0 Å². The molecule has 4 aromatic heterocycles. The lowest BCUT2D eigenvalue weighted by Crippen LogP contribution is -2.06. The van der Waals surface area contributed by atoms with Crippen molar-refractivity contribution in [1.82, 2.24) is 24.1 Å². The van der Waals surface area contributed by atoms with Gasteiger partial charge >= 0.3 is 0 Å². The molecule has 4 heterocycles. The fourth-order valence-corrected chi connectivity index (χ4v) is 9.48. The topological polar surface area (TPSA) is 61.7 Å². The molecule has 0 bridgehead atoms. The third kappa shape index (κ3) is 5.62. The molecule has 0 aliphatic carbocycles. The van der Waals surface area contributed by atoms with Gasteiger partial charge in [0.15, 0.2) is 17.2 Å². The van der Waals surface area contributed by atoms with E-state index in [1.165, 1.54) is 5.56 Å². The van der Waals surface area contributed by atoms with Crippen molar-refractivity contribution < 1.29 is 4.42 Å². The van der Waals surface area contributed by atoms with Crippen molar-refractivity contribution >= 4 is 65.6 Å². The Labute approximate surface area is 361 Å². The lowest BCUT2D eigenvalue weighted by Gasteiger charge is -2.12. The maximum Gasteiger partial charge on any atom is 0.238 e. The van der Waals surface area contributed by atoms with E-state index in [4.69, 9.17) is 19.4 Å². The van der Waals surface area contributed by atoms with Crippen molar-refractivity contribution in [3.8, 4) is 56.7 Å². The smallest absolute Gasteiger partial charge is 0.238 e. The Morgan fingerprint density at radius 2 is 0.841 bits per heavy atom. The van der Waals surface area contributed by atoms with Gasteiger partial charge in [0.05, 0.1) is 16.6 Å². The first-order chi connectivity index (χ1) is 31.2. The molecule has 6 heteroatoms. The summed E-state index contributed by atoms with van der Waals surface area (Å²) < 4.78 is 11.2. The minimum absolute atomic E-state index is 0.512. The molecule has 0 saturated heterocycles. The van der Waals surface area contributed by atoms with Crippen LogP contribution in [0.5, 0.6) is 0 Å². The molecule has 0 unspecified atom stereocenters. The predicted molar refractivity (Wildman–Crippen MR) is 258 cm³/mol. The quantitative estimate of drug-likeness (QED) is 0.168. The summed E-state index contributed by atoms with van der Waals surface area (Å²) in [7, 11) is 0. The molecule has 0 aliphatic heterocycles. The van der Waals surface area contributed by atoms with Crippen LogP contribution in [-0.2, 0) is 0 Å². The molecule has 0 N–H and O–H groups in total. The van der Waals surface area contributed by atoms with Crippen LogP contribution >= 0.6 is 0 Å². The SMILES string of the molecule is c1ccc(-c2cccc(-c3cccc(-c4nc(-c5ccc6c(c5)c5ccccc5n6-c5ccccc5)nc(-n5c6ccccc6c6ccc7c8ccccc8oc7c65)n4)c3)c2)cc1. The number of benzene rings is 9. The molecule has 0 saturated carbocycles. The van der Waals surface area contributed by atoms with Gasteiger partial charge in [0, 0.05) is 49.1 Å². The lowest BCUT2D eigenvalue weighted by atomic mass is 9.98. The van der Waals surface area contributed by atoms with Crippen LogP contribution in [0.15, 0.2) is 217 Å². The van der Waals surface area contributed by atoms with E-state index < -0.39 is 0 Å². The molecular formula is C57H35N5O. The fraction of sp³-hybridized carbons (Fsp3) is 0. The van der Waals surface area contributed by atoms with E-state index in [0.717, 1.165) is 99.1 Å². The van der Waals surface area contributed by atoms with E-state index in [2.05, 4.69) is 203 Å². The third-order valence-corrected chi connectivity index (χ3v) is 12.4. The minimum Gasteiger partial charge on any atom is -0.454 e. The van der Waals surface area contributed by atoms with Crippen molar-refractivity contribution in [3.63, 3.8) is 0 Å². The standard InChI is InChI=1S/C57H35N5O/c1-3-15-36(16-4-1)37-17-13-18-38(33-37)39-19-14-20-40(34-39)55-58-56(41-29-32-51-48(35-41)44-24-8-10-26-49(44)61(51)42-21-5-2-6-22-42)60-57(59-55)62-50-27-11-7-23-43(50)46-30-31-47-45-25-9-12-28-52(45)63-54(47)53(46)62/h1-35H. The molecule has 13 rings (SSSR count). The average Bonchev–Trinajstić information content (AvgIpc) is 4.02. The molecule has 0 fully saturated rings. The van der Waals surface area contributed by atoms with Crippen LogP contribution in [0.25, 0.3) is 122 Å². The van der Waals surface area contributed by atoms with Gasteiger partial charge in [-0.1, -0.05) is 146 Å². The summed E-state index contributed by atoms with van der Waals surface area (Å²) in [6.07, 6.45) is 0. The Hall–Kier alpha value is -8.61. The van der Waals surface area contributed by atoms with Crippen LogP contribution < -0.4 is 0 Å². The number of fused-ring (bicyclic) bond motifs is 10. The van der Waals surface area contributed by atoms with Crippen molar-refractivity contribution in [2.24, 2.45) is 0 Å². The monoisotopic (exact) mass is 805 g/mol. The third-order valence-electron chi connectivity index (χ3n) is 12.4. The number of hydrogen-bond acceptors (Lipinski definition) is 4. The van der Waals surface area contributed by atoms with Crippen molar-refractivity contribution in [2.45, 2.75) is 0 Å². The Morgan fingerprint density at radius 3 is 1.59 bits per heavy atom. The van der Waals surface area contributed by atoms with Gasteiger partial charge in [-0.05, 0) is 89.0 Å². The second-order valence-corrected chi connectivity index (χ2v) is 16.0. The molecule has 0 aliphatic rings. The van der Waals surface area contributed by atoms with E-state index in [1.54, 1.807) is 0 Å². The number of para-hydroxylation sites is 4. The van der Waals surface area contributed by atoms with Gasteiger partial charge in [0.2, 0.25) is 5.95 Å². The highest BCUT2D eigenvalue weighted by Crippen LogP contribution is 2.41. The summed E-state index contributed by atoms with van der Waals surface area (Å²) in [5.74, 6) is 1.66. The zero-order valence-corrected chi connectivity index (χ0v) is 33.9. The maximum absolute atomic E-state index is 6.73. The second kappa shape index (κ2) is 14.0. The van der Waals surface area contributed by atoms with Gasteiger partial charge in [-0.3, -0.25) is 4.57 Å². The van der Waals surface area contributed by atoms with Crippen LogP contribution in [-0.4, -0.2) is 24.1 Å². The number of furan rings is 1. The predicted octanol–water partition coefficient (Wildman–Crippen LogP) is 14.6. The normalized spacial score (nSPS) is 11.8. The minimum atomic E-state index is 0.512. The molecule has 0 atom stereocenters. The summed E-state index contributed by atoms with van der Waals surface area (Å²) in [4.78, 5) is 16.1. The number of aromatic nitrogens is 5. The van der Waals surface area contributed by atoms with Gasteiger partial charge in [-0.2, -0.15) is 9.97 Å².